The van der Waals surface area contributed by atoms with Crippen molar-refractivity contribution in [2.45, 2.75) is 487 Å². The number of hydrogen-bond acceptors (Lipinski definition) is 13. The Morgan fingerprint density at radius 1 is 0.311 bits per heavy atom. The van der Waals surface area contributed by atoms with E-state index in [1.54, 1.807) is 0 Å². The molecule has 0 radical (unpaired) electrons. The zero-order valence-corrected chi connectivity index (χ0v) is 95.4. The Bertz CT molecular complexity index is 1730. The molecule has 1 rings (SSSR count). The predicted octanol–water partition coefficient (Wildman–Crippen LogP) is 27.7. The average molecular weight is 1710 g/mol. The van der Waals surface area contributed by atoms with E-state index in [0.29, 0.717) is 72.4 Å². The van der Waals surface area contributed by atoms with Crippen LogP contribution in [0, 0.1) is 41.4 Å². The molecular weight excluding hydrogens is 1460 g/mol. The van der Waals surface area contributed by atoms with Crippen LogP contribution in [0.4, 0.5) is 0 Å². The SMILES string of the molecule is CC.CC.CC(C)C(C)C.CC(C)N(C)C(C)C.CC(C)NC(C)C.CCC(C)CN(C)C.CCC(C)CN(C)C(C)C.CCC(C)CNC.CCC(C)CNC(C)C.CCC(C)N(C)C.CCC(C)N(C)C(C)C.CCC(C)NC.CCC(C)NC(C)C.CCC(C)c1ccccc1.CCCN(C)C.CCCN(C)CC(C)C.CNC(C)C. The first-order valence-corrected chi connectivity index (χ1v) is 49.9. The van der Waals surface area contributed by atoms with Gasteiger partial charge in [-0.25, -0.2) is 0 Å². The molecule has 0 bridgehead atoms. The zero-order chi connectivity index (χ0) is 98.2. The van der Waals surface area contributed by atoms with Crippen LogP contribution in [0.5, 0.6) is 0 Å². The molecule has 0 amide bonds. The normalized spacial score (nSPS) is 12.8. The van der Waals surface area contributed by atoms with Crippen molar-refractivity contribution in [2.75, 3.05) is 137 Å². The van der Waals surface area contributed by atoms with E-state index in [9.17, 15) is 0 Å². The molecular formula is C106H251N13. The number of nitrogens with zero attached hydrogens (tertiary/aromatic N) is 7. The minimum absolute atomic E-state index is 0.625. The van der Waals surface area contributed by atoms with Crippen molar-refractivity contribution in [3.63, 3.8) is 0 Å². The number of nitrogens with one attached hydrogen (secondary N) is 6. The van der Waals surface area contributed by atoms with E-state index in [1.165, 1.54) is 109 Å². The Morgan fingerprint density at radius 3 is 0.815 bits per heavy atom. The van der Waals surface area contributed by atoms with Crippen LogP contribution in [0.3, 0.4) is 0 Å². The highest BCUT2D eigenvalue weighted by Gasteiger charge is 2.10. The summed E-state index contributed by atoms with van der Waals surface area (Å²) in [5, 5.41) is 19.4. The summed E-state index contributed by atoms with van der Waals surface area (Å²) in [6.07, 6.45) is 13.8. The van der Waals surface area contributed by atoms with E-state index in [-0.39, 0.29) is 0 Å². The molecule has 0 aliphatic heterocycles. The minimum Gasteiger partial charge on any atom is -0.319 e. The van der Waals surface area contributed by atoms with Gasteiger partial charge in [0.15, 0.2) is 0 Å². The minimum atomic E-state index is 0.625. The van der Waals surface area contributed by atoms with E-state index in [2.05, 4.69) is 472 Å². The van der Waals surface area contributed by atoms with Crippen LogP contribution in [0.15, 0.2) is 30.3 Å². The first kappa shape index (κ1) is 155. The molecule has 0 fully saturated rings. The Hall–Kier alpha value is -1.30. The smallest absolute Gasteiger partial charge is 0.00639 e. The van der Waals surface area contributed by atoms with Crippen molar-refractivity contribution in [1.82, 2.24) is 66.2 Å². The highest BCUT2D eigenvalue weighted by atomic mass is 15.1. The van der Waals surface area contributed by atoms with Gasteiger partial charge in [-0.05, 0) is 299 Å². The van der Waals surface area contributed by atoms with Crippen LogP contribution in [-0.4, -0.2) is 250 Å². The third kappa shape index (κ3) is 171. The van der Waals surface area contributed by atoms with Crippen molar-refractivity contribution in [1.29, 1.82) is 0 Å². The summed E-state index contributed by atoms with van der Waals surface area (Å²) in [6, 6.07) is 19.3. The fourth-order valence-corrected chi connectivity index (χ4v) is 8.53. The molecule has 0 heterocycles. The Morgan fingerprint density at radius 2 is 0.664 bits per heavy atom. The second-order valence-electron chi connectivity index (χ2n) is 37.9. The van der Waals surface area contributed by atoms with Crippen LogP contribution in [0.25, 0.3) is 0 Å². The Labute approximate surface area is 764 Å². The van der Waals surface area contributed by atoms with Gasteiger partial charge in [0.1, 0.15) is 0 Å². The van der Waals surface area contributed by atoms with Crippen LogP contribution in [0.2, 0.25) is 0 Å². The van der Waals surface area contributed by atoms with Crippen LogP contribution < -0.4 is 31.9 Å². The van der Waals surface area contributed by atoms with Crippen LogP contribution in [0.1, 0.15) is 414 Å². The van der Waals surface area contributed by atoms with Gasteiger partial charge < -0.3 is 66.2 Å². The lowest BCUT2D eigenvalue weighted by molar-refractivity contribution is 0.204. The molecule has 0 spiro atoms. The van der Waals surface area contributed by atoms with Gasteiger partial charge >= 0.3 is 0 Å². The standard InChI is InChI=1S/C10H14.C9H21N.3C8H19N.3C7H17N.3C6H15N.C6H14.2C5H13N.C4H11N.2C2H6/c1-3-9(2)10-7-5-4-6-8-10;1-6-9(4)7-10(5)8(2)3;1-6-8(4)9(5)7(2)3;1-5-8(4)6-9-7(2)3;1-5-6-9(4)7-8(2)3;1-6(2)8(5)7(3)4;1-5-7(2)6-8(3)4;1-5-7(4)8-6(2)3;1-5-6(2)7(3)4;1-5(2)7-6(3)4;1-4-6(2)5-7-3;1-5(2)6(3)4;1-4-5-6(2)3;1-4-5(2)6-3;1-4(2)5-3;2*1-2/h4-9H,3H2,1-2H3;8-9H,6-7H2,1-5H3;7-8H,6H2,1-5H3;7-9H,5-6H2,1-4H3;8H,5-7H2,1-4H3;6-7H,1-5H3;7H,5-6H2,1-4H3;6-8H,5H2,1-4H3;6H,5H2,1-4H3;5-7H,1-4H3;6-7H,4-5H2,1-3H3;5-6H,1-4H3;4-5H2,1-3H3;5-6H,4H2,1-3H3;4-5H,1-3H3;2*1-2H3. The summed E-state index contributed by atoms with van der Waals surface area (Å²) >= 11 is 0. The average Bonchev–Trinajstić information content (AvgIpc) is 0.927. The summed E-state index contributed by atoms with van der Waals surface area (Å²) in [5.41, 5.74) is 1.45. The Kier molecular flexibility index (Phi) is 155. The summed E-state index contributed by atoms with van der Waals surface area (Å²) < 4.78 is 0. The van der Waals surface area contributed by atoms with Gasteiger partial charge in [-0.15, -0.1) is 0 Å². The van der Waals surface area contributed by atoms with Gasteiger partial charge in [0.25, 0.3) is 0 Å². The third-order valence-electron chi connectivity index (χ3n) is 20.4. The number of hydrogen-bond donors (Lipinski definition) is 6. The molecule has 0 saturated carbocycles. The van der Waals surface area contributed by atoms with Crippen molar-refractivity contribution in [3.05, 3.63) is 35.9 Å². The highest BCUT2D eigenvalue weighted by molar-refractivity contribution is 5.18. The topological polar surface area (TPSA) is 94.9 Å². The molecule has 9 atom stereocenters. The van der Waals surface area contributed by atoms with Crippen LogP contribution >= 0.6 is 0 Å². The lowest BCUT2D eigenvalue weighted by Crippen LogP contribution is -2.34. The van der Waals surface area contributed by atoms with Crippen molar-refractivity contribution in [2.24, 2.45) is 41.4 Å². The third-order valence-corrected chi connectivity index (χ3v) is 20.4. The molecule has 119 heavy (non-hydrogen) atoms. The second kappa shape index (κ2) is 119. The van der Waals surface area contributed by atoms with Crippen molar-refractivity contribution >= 4 is 0 Å². The monoisotopic (exact) mass is 1710 g/mol. The van der Waals surface area contributed by atoms with Crippen molar-refractivity contribution < 1.29 is 0 Å². The highest BCUT2D eigenvalue weighted by Crippen LogP contribution is 2.17. The molecule has 0 saturated heterocycles. The number of rotatable bonds is 38. The Balaban J connectivity index is -0.0000000682. The fourth-order valence-electron chi connectivity index (χ4n) is 8.53. The molecule has 9 unspecified atom stereocenters. The first-order valence-electron chi connectivity index (χ1n) is 49.9. The predicted molar refractivity (Wildman–Crippen MR) is 569 cm³/mol. The van der Waals surface area contributed by atoms with Gasteiger partial charge in [0.2, 0.25) is 0 Å². The van der Waals surface area contributed by atoms with Gasteiger partial charge in [-0.1, -0.05) is 305 Å². The lowest BCUT2D eigenvalue weighted by Gasteiger charge is -2.27. The molecule has 0 aromatic heterocycles. The van der Waals surface area contributed by atoms with E-state index in [1.807, 2.05) is 48.8 Å². The van der Waals surface area contributed by atoms with E-state index < -0.39 is 0 Å². The fraction of sp³-hybridized carbons (Fsp3) is 0.943. The molecule has 1 aromatic rings. The second-order valence-corrected chi connectivity index (χ2v) is 37.9. The van der Waals surface area contributed by atoms with E-state index in [0.717, 1.165) is 66.6 Å². The van der Waals surface area contributed by atoms with Crippen molar-refractivity contribution in [3.8, 4) is 0 Å². The molecule has 13 heteroatoms. The molecule has 6 N–H and O–H groups in total. The molecule has 13 nitrogen and oxygen atoms in total. The van der Waals surface area contributed by atoms with Gasteiger partial charge in [-0.3, -0.25) is 0 Å². The van der Waals surface area contributed by atoms with Gasteiger partial charge in [0.05, 0.1) is 0 Å². The van der Waals surface area contributed by atoms with E-state index >= 15 is 0 Å². The van der Waals surface area contributed by atoms with Gasteiger partial charge in [0, 0.05) is 98.2 Å². The van der Waals surface area contributed by atoms with Gasteiger partial charge in [-0.2, -0.15) is 0 Å². The number of benzene rings is 1. The maximum absolute atomic E-state index is 3.40. The largest absolute Gasteiger partial charge is 0.319 e. The summed E-state index contributed by atoms with van der Waals surface area (Å²) in [4.78, 5) is 16.1. The summed E-state index contributed by atoms with van der Waals surface area (Å²) in [5.74, 6) is 6.58. The molecule has 0 aliphatic carbocycles. The zero-order valence-electron chi connectivity index (χ0n) is 95.4. The maximum atomic E-state index is 3.40. The first-order chi connectivity index (χ1) is 54.8. The molecule has 0 aliphatic rings. The quantitative estimate of drug-likeness (QED) is 0.0380. The molecule has 740 valence electrons. The van der Waals surface area contributed by atoms with E-state index in [4.69, 9.17) is 0 Å². The maximum Gasteiger partial charge on any atom is 0.00639 e. The summed E-state index contributed by atoms with van der Waals surface area (Å²) in [6.45, 7) is 114. The summed E-state index contributed by atoms with van der Waals surface area (Å²) in [7, 11) is 27.2. The lowest BCUT2D eigenvalue weighted by atomic mass is 9.99. The molecule has 1 aromatic carbocycles. The van der Waals surface area contributed by atoms with Crippen LogP contribution in [-0.2, 0) is 0 Å².